The summed E-state index contributed by atoms with van der Waals surface area (Å²) in [7, 11) is 0. The molecule has 0 bridgehead atoms. The number of piperazine rings is 1. The molecule has 3 aliphatic heterocycles. The molecule has 0 unspecified atom stereocenters. The van der Waals surface area contributed by atoms with Gasteiger partial charge in [0, 0.05) is 69.7 Å². The van der Waals surface area contributed by atoms with Gasteiger partial charge in [-0.3, -0.25) is 4.90 Å². The molecule has 0 N–H and O–H groups in total. The van der Waals surface area contributed by atoms with Crippen molar-refractivity contribution in [2.24, 2.45) is 5.41 Å². The topological polar surface area (TPSA) is 45.2 Å². The van der Waals surface area contributed by atoms with E-state index in [-0.39, 0.29) is 31.6 Å². The third-order valence-electron chi connectivity index (χ3n) is 7.22. The van der Waals surface area contributed by atoms with E-state index in [9.17, 15) is 31.1 Å². The highest BCUT2D eigenvalue weighted by atomic mass is 35.5. The molecule has 1 amide bonds. The summed E-state index contributed by atoms with van der Waals surface area (Å²) in [5.74, 6) is 0. The molecule has 202 valence electrons. The van der Waals surface area contributed by atoms with Gasteiger partial charge < -0.3 is 19.3 Å². The molecule has 3 heterocycles. The van der Waals surface area contributed by atoms with Crippen LogP contribution >= 0.6 is 11.6 Å². The Labute approximate surface area is 210 Å². The number of halogens is 7. The fraction of sp³-hybridized carbons (Fsp3) is 0.696. The Morgan fingerprint density at radius 1 is 1.00 bits per heavy atom. The van der Waals surface area contributed by atoms with Crippen LogP contribution in [0.3, 0.4) is 0 Å². The van der Waals surface area contributed by atoms with Crippen LogP contribution in [-0.2, 0) is 16.0 Å². The normalized spacial score (nSPS) is 21.4. The first-order chi connectivity index (χ1) is 16.9. The van der Waals surface area contributed by atoms with Crippen LogP contribution in [0.4, 0.5) is 36.8 Å². The number of carbonyl (C=O) groups is 1. The van der Waals surface area contributed by atoms with Crippen molar-refractivity contribution in [2.45, 2.75) is 44.3 Å². The Kier molecular flexibility index (Phi) is 7.87. The second-order valence-corrected chi connectivity index (χ2v) is 10.1. The molecule has 6 nitrogen and oxygen atoms in total. The lowest BCUT2D eigenvalue weighted by Crippen LogP contribution is -2.52. The van der Waals surface area contributed by atoms with E-state index < -0.39 is 24.5 Å². The molecule has 0 atom stereocenters. The summed E-state index contributed by atoms with van der Waals surface area (Å²) in [4.78, 5) is 17.2. The molecule has 0 aromatic heterocycles. The fourth-order valence-corrected chi connectivity index (χ4v) is 5.31. The summed E-state index contributed by atoms with van der Waals surface area (Å²) in [6.45, 7) is 4.30. The van der Waals surface area contributed by atoms with E-state index in [1.54, 1.807) is 6.07 Å². The molecule has 3 saturated heterocycles. The molecular formula is C23H28ClF6N3O3. The van der Waals surface area contributed by atoms with Crippen LogP contribution < -0.4 is 4.90 Å². The molecule has 13 heteroatoms. The van der Waals surface area contributed by atoms with E-state index in [1.165, 1.54) is 0 Å². The van der Waals surface area contributed by atoms with Crippen LogP contribution in [0.25, 0.3) is 0 Å². The van der Waals surface area contributed by atoms with Gasteiger partial charge in [-0.05, 0) is 42.4 Å². The monoisotopic (exact) mass is 543 g/mol. The second kappa shape index (κ2) is 10.4. The lowest BCUT2D eigenvalue weighted by Gasteiger charge is -2.36. The lowest BCUT2D eigenvalue weighted by atomic mass is 9.80. The van der Waals surface area contributed by atoms with Crippen molar-refractivity contribution in [3.05, 3.63) is 28.8 Å². The third kappa shape index (κ3) is 6.31. The highest BCUT2D eigenvalue weighted by Gasteiger charge is 2.60. The van der Waals surface area contributed by atoms with Crippen LogP contribution in [0, 0.1) is 5.41 Å². The second-order valence-electron chi connectivity index (χ2n) is 9.67. The Bertz CT molecular complexity index is 917. The van der Waals surface area contributed by atoms with E-state index >= 15 is 0 Å². The molecule has 36 heavy (non-hydrogen) atoms. The zero-order valence-electron chi connectivity index (χ0n) is 19.5. The number of alkyl halides is 6. The van der Waals surface area contributed by atoms with Gasteiger partial charge in [0.15, 0.2) is 0 Å². The van der Waals surface area contributed by atoms with E-state index in [4.69, 9.17) is 16.3 Å². The largest absolute Gasteiger partial charge is 0.434 e. The first-order valence-corrected chi connectivity index (χ1v) is 12.2. The maximum absolute atomic E-state index is 12.7. The molecule has 0 radical (unpaired) electrons. The van der Waals surface area contributed by atoms with Gasteiger partial charge in [-0.1, -0.05) is 17.7 Å². The van der Waals surface area contributed by atoms with Crippen molar-refractivity contribution in [3.63, 3.8) is 0 Å². The van der Waals surface area contributed by atoms with Crippen molar-refractivity contribution in [2.75, 3.05) is 57.4 Å². The number of hydrogen-bond acceptors (Lipinski definition) is 5. The van der Waals surface area contributed by atoms with Gasteiger partial charge in [0.2, 0.25) is 0 Å². The average molecular weight is 544 g/mol. The highest BCUT2D eigenvalue weighted by molar-refractivity contribution is 6.30. The number of anilines is 1. The van der Waals surface area contributed by atoms with Crippen molar-refractivity contribution in [1.82, 2.24) is 9.80 Å². The summed E-state index contributed by atoms with van der Waals surface area (Å²) in [6, 6.07) is 5.66. The third-order valence-corrected chi connectivity index (χ3v) is 7.45. The van der Waals surface area contributed by atoms with Crippen LogP contribution in [0.1, 0.15) is 24.8 Å². The molecule has 1 spiro atoms. The Morgan fingerprint density at radius 2 is 1.64 bits per heavy atom. The maximum Gasteiger partial charge on any atom is 0.434 e. The number of benzene rings is 1. The zero-order valence-corrected chi connectivity index (χ0v) is 20.3. The van der Waals surface area contributed by atoms with Crippen molar-refractivity contribution >= 4 is 23.4 Å². The standard InChI is InChI=1S/C23H28ClF6N3O3/c24-17-2-1-16(18(13-17)33-6-3-21(15-33)4-11-35-12-5-21)14-31-7-9-32(10-8-31)20(34)36-19(22(25,26)27)23(28,29)30/h1-2,13,19H,3-12,14-15H2. The fourth-order valence-electron chi connectivity index (χ4n) is 5.14. The molecule has 4 rings (SSSR count). The molecule has 3 aliphatic rings. The Morgan fingerprint density at radius 3 is 2.25 bits per heavy atom. The van der Waals surface area contributed by atoms with Gasteiger partial charge in [0.25, 0.3) is 6.10 Å². The predicted octanol–water partition coefficient (Wildman–Crippen LogP) is 5.09. The quantitative estimate of drug-likeness (QED) is 0.495. The van der Waals surface area contributed by atoms with E-state index in [0.717, 1.165) is 61.7 Å². The molecule has 0 aliphatic carbocycles. The highest BCUT2D eigenvalue weighted by Crippen LogP contribution is 2.42. The summed E-state index contributed by atoms with van der Waals surface area (Å²) in [6.07, 6.45) is -14.1. The van der Waals surface area contributed by atoms with Gasteiger partial charge >= 0.3 is 18.4 Å². The number of ether oxygens (including phenoxy) is 2. The molecule has 1 aromatic carbocycles. The zero-order chi connectivity index (χ0) is 26.1. The van der Waals surface area contributed by atoms with Crippen LogP contribution in [0.2, 0.25) is 5.02 Å². The van der Waals surface area contributed by atoms with Gasteiger partial charge in [0.05, 0.1) is 0 Å². The Balaban J connectivity index is 1.36. The number of amides is 1. The predicted molar refractivity (Wildman–Crippen MR) is 120 cm³/mol. The van der Waals surface area contributed by atoms with Crippen molar-refractivity contribution < 1.29 is 40.6 Å². The van der Waals surface area contributed by atoms with Gasteiger partial charge in [-0.15, -0.1) is 0 Å². The number of carbonyl (C=O) groups excluding carboxylic acids is 1. The molecule has 3 fully saturated rings. The summed E-state index contributed by atoms with van der Waals surface area (Å²) < 4.78 is 85.6. The van der Waals surface area contributed by atoms with Crippen molar-refractivity contribution in [3.8, 4) is 0 Å². The number of nitrogens with zero attached hydrogens (tertiary/aromatic N) is 3. The summed E-state index contributed by atoms with van der Waals surface area (Å²) in [5.41, 5.74) is 2.27. The van der Waals surface area contributed by atoms with Crippen LogP contribution in [0.15, 0.2) is 18.2 Å². The van der Waals surface area contributed by atoms with E-state index in [1.807, 2.05) is 17.0 Å². The van der Waals surface area contributed by atoms with Crippen LogP contribution in [-0.4, -0.2) is 86.8 Å². The Hall–Kier alpha value is -1.92. The van der Waals surface area contributed by atoms with Crippen LogP contribution in [0.5, 0.6) is 0 Å². The molecule has 1 aromatic rings. The van der Waals surface area contributed by atoms with Crippen molar-refractivity contribution in [1.29, 1.82) is 0 Å². The first-order valence-electron chi connectivity index (χ1n) is 11.8. The van der Waals surface area contributed by atoms with Gasteiger partial charge in [0.1, 0.15) is 0 Å². The summed E-state index contributed by atoms with van der Waals surface area (Å²) >= 11 is 6.30. The van der Waals surface area contributed by atoms with E-state index in [0.29, 0.717) is 11.6 Å². The smallest absolute Gasteiger partial charge is 0.426 e. The first kappa shape index (κ1) is 27.1. The molecular weight excluding hydrogens is 516 g/mol. The lowest BCUT2D eigenvalue weighted by molar-refractivity contribution is -0.308. The SMILES string of the molecule is O=C(OC(C(F)(F)F)C(F)(F)F)N1CCN(Cc2ccc(Cl)cc2N2CCC3(CCOCC3)C2)CC1. The van der Waals surface area contributed by atoms with E-state index in [2.05, 4.69) is 9.64 Å². The maximum atomic E-state index is 12.7. The minimum absolute atomic E-state index is 0.0446. The number of rotatable bonds is 4. The summed E-state index contributed by atoms with van der Waals surface area (Å²) in [5, 5.41) is 0.609. The minimum atomic E-state index is -5.74. The van der Waals surface area contributed by atoms with Gasteiger partial charge in [-0.25, -0.2) is 4.79 Å². The average Bonchev–Trinajstić information content (AvgIpc) is 3.20. The van der Waals surface area contributed by atoms with Gasteiger partial charge in [-0.2, -0.15) is 26.3 Å². The molecule has 0 saturated carbocycles. The minimum Gasteiger partial charge on any atom is -0.426 e. The number of hydrogen-bond donors (Lipinski definition) is 0.